The molecule has 0 aliphatic rings. The molecule has 0 atom stereocenters. The van der Waals surface area contributed by atoms with Gasteiger partial charge in [0.05, 0.1) is 13.2 Å². The smallest absolute Gasteiger partial charge is 0.411 e. The maximum absolute atomic E-state index is 11.6. The van der Waals surface area contributed by atoms with Gasteiger partial charge in [0, 0.05) is 6.42 Å². The Morgan fingerprint density at radius 2 is 1.94 bits per heavy atom. The quantitative estimate of drug-likeness (QED) is 0.537. The van der Waals surface area contributed by atoms with Crippen LogP contribution in [0.3, 0.4) is 0 Å². The van der Waals surface area contributed by atoms with E-state index in [-0.39, 0.29) is 26.2 Å². The first kappa shape index (κ1) is 15.7. The minimum absolute atomic E-state index is 0.198. The van der Waals surface area contributed by atoms with E-state index in [4.69, 9.17) is 0 Å². The first-order chi connectivity index (χ1) is 7.85. The Hall–Kier alpha value is -1.31. The van der Waals surface area contributed by atoms with Crippen molar-refractivity contribution < 1.29 is 32.2 Å². The van der Waals surface area contributed by atoms with Crippen molar-refractivity contribution in [2.45, 2.75) is 19.5 Å². The van der Waals surface area contributed by atoms with Crippen LogP contribution in [0.1, 0.15) is 13.3 Å². The molecule has 0 aliphatic heterocycles. The number of rotatable bonds is 7. The van der Waals surface area contributed by atoms with Crippen molar-refractivity contribution in [1.29, 1.82) is 0 Å². The maximum Gasteiger partial charge on any atom is 0.411 e. The number of carbonyl (C=O) groups is 2. The molecular weight excluding hydrogens is 243 g/mol. The van der Waals surface area contributed by atoms with Crippen molar-refractivity contribution in [3.05, 3.63) is 0 Å². The van der Waals surface area contributed by atoms with Crippen LogP contribution in [0.25, 0.3) is 0 Å². The number of ether oxygens (including phenoxy) is 2. The number of alkyl halides is 3. The SMILES string of the molecule is CCOC(=O)CNC(=O)CCOCC(F)(F)F. The molecule has 0 fully saturated rings. The normalized spacial score (nSPS) is 11.1. The van der Waals surface area contributed by atoms with Crippen molar-refractivity contribution in [3.63, 3.8) is 0 Å². The second kappa shape index (κ2) is 7.88. The van der Waals surface area contributed by atoms with Gasteiger partial charge < -0.3 is 14.8 Å². The van der Waals surface area contributed by atoms with Crippen molar-refractivity contribution >= 4 is 11.9 Å². The molecule has 0 aromatic carbocycles. The van der Waals surface area contributed by atoms with E-state index >= 15 is 0 Å². The van der Waals surface area contributed by atoms with E-state index in [0.717, 1.165) is 0 Å². The Bertz CT molecular complexity index is 255. The number of nitrogens with one attached hydrogen (secondary N) is 1. The van der Waals surface area contributed by atoms with Gasteiger partial charge in [-0.3, -0.25) is 9.59 Å². The molecule has 0 spiro atoms. The topological polar surface area (TPSA) is 64.6 Å². The number of halogens is 3. The molecule has 0 unspecified atom stereocenters. The number of hydrogen-bond donors (Lipinski definition) is 1. The Kier molecular flexibility index (Phi) is 7.27. The van der Waals surface area contributed by atoms with E-state index in [1.807, 2.05) is 0 Å². The minimum atomic E-state index is -4.40. The lowest BCUT2D eigenvalue weighted by atomic mass is 10.4. The van der Waals surface area contributed by atoms with Crippen molar-refractivity contribution in [2.75, 3.05) is 26.4 Å². The van der Waals surface area contributed by atoms with E-state index < -0.39 is 24.7 Å². The number of amides is 1. The number of esters is 1. The van der Waals surface area contributed by atoms with Gasteiger partial charge in [-0.25, -0.2) is 0 Å². The second-order valence-electron chi connectivity index (χ2n) is 3.00. The highest BCUT2D eigenvalue weighted by Gasteiger charge is 2.27. The van der Waals surface area contributed by atoms with Crippen LogP contribution >= 0.6 is 0 Å². The fraction of sp³-hybridized carbons (Fsp3) is 0.778. The largest absolute Gasteiger partial charge is 0.465 e. The average molecular weight is 257 g/mol. The van der Waals surface area contributed by atoms with Gasteiger partial charge in [0.25, 0.3) is 0 Å². The number of carbonyl (C=O) groups excluding carboxylic acids is 2. The second-order valence-corrected chi connectivity index (χ2v) is 3.00. The monoisotopic (exact) mass is 257 g/mol. The summed E-state index contributed by atoms with van der Waals surface area (Å²) in [5, 5.41) is 2.19. The minimum Gasteiger partial charge on any atom is -0.465 e. The highest BCUT2D eigenvalue weighted by atomic mass is 19.4. The Labute approximate surface area is 96.3 Å². The van der Waals surface area contributed by atoms with Gasteiger partial charge in [-0.1, -0.05) is 0 Å². The Morgan fingerprint density at radius 3 is 2.47 bits per heavy atom. The fourth-order valence-corrected chi connectivity index (χ4v) is 0.824. The third-order valence-electron chi connectivity index (χ3n) is 1.47. The van der Waals surface area contributed by atoms with Crippen LogP contribution in [0.4, 0.5) is 13.2 Å². The zero-order chi connectivity index (χ0) is 13.3. The molecule has 0 radical (unpaired) electrons. The molecule has 100 valence electrons. The molecule has 0 aromatic rings. The van der Waals surface area contributed by atoms with Gasteiger partial charge in [0.2, 0.25) is 5.91 Å². The van der Waals surface area contributed by atoms with Crippen LogP contribution in [-0.4, -0.2) is 44.4 Å². The van der Waals surface area contributed by atoms with Crippen molar-refractivity contribution in [3.8, 4) is 0 Å². The first-order valence-electron chi connectivity index (χ1n) is 4.92. The summed E-state index contributed by atoms with van der Waals surface area (Å²) < 4.78 is 43.6. The lowest BCUT2D eigenvalue weighted by Gasteiger charge is -2.07. The molecule has 1 N–H and O–H groups in total. The van der Waals surface area contributed by atoms with Gasteiger partial charge in [0.15, 0.2) is 0 Å². The zero-order valence-corrected chi connectivity index (χ0v) is 9.30. The summed E-state index contributed by atoms with van der Waals surface area (Å²) in [7, 11) is 0. The van der Waals surface area contributed by atoms with Gasteiger partial charge in [0.1, 0.15) is 13.2 Å². The fourth-order valence-electron chi connectivity index (χ4n) is 0.824. The maximum atomic E-state index is 11.6. The van der Waals surface area contributed by atoms with E-state index in [1.165, 1.54) is 0 Å². The molecule has 0 rings (SSSR count). The predicted octanol–water partition coefficient (Wildman–Crippen LogP) is 0.635. The van der Waals surface area contributed by atoms with Gasteiger partial charge in [-0.05, 0) is 6.92 Å². The summed E-state index contributed by atoms with van der Waals surface area (Å²) in [4.78, 5) is 21.8. The molecular formula is C9H14F3NO4. The Balaban J connectivity index is 3.50. The zero-order valence-electron chi connectivity index (χ0n) is 9.30. The van der Waals surface area contributed by atoms with Crippen molar-refractivity contribution in [2.24, 2.45) is 0 Å². The summed E-state index contributed by atoms with van der Waals surface area (Å²) in [6, 6.07) is 0. The summed E-state index contributed by atoms with van der Waals surface area (Å²) >= 11 is 0. The molecule has 0 heterocycles. The summed E-state index contributed by atoms with van der Waals surface area (Å²) in [6.07, 6.45) is -4.64. The summed E-state index contributed by atoms with van der Waals surface area (Å²) in [5.74, 6) is -1.17. The van der Waals surface area contributed by atoms with E-state index in [2.05, 4.69) is 14.8 Å². The van der Waals surface area contributed by atoms with Gasteiger partial charge in [-0.15, -0.1) is 0 Å². The first-order valence-corrected chi connectivity index (χ1v) is 4.92. The van der Waals surface area contributed by atoms with Gasteiger partial charge >= 0.3 is 12.1 Å². The number of hydrogen-bond acceptors (Lipinski definition) is 4. The Morgan fingerprint density at radius 1 is 1.29 bits per heavy atom. The summed E-state index contributed by atoms with van der Waals surface area (Å²) in [6.45, 7) is -0.230. The van der Waals surface area contributed by atoms with E-state index in [1.54, 1.807) is 6.92 Å². The molecule has 0 bridgehead atoms. The van der Waals surface area contributed by atoms with Crippen LogP contribution in [0, 0.1) is 0 Å². The van der Waals surface area contributed by atoms with Crippen LogP contribution in [-0.2, 0) is 19.1 Å². The standard InChI is InChI=1S/C9H14F3NO4/c1-2-17-8(15)5-13-7(14)3-4-16-6-9(10,11)12/h2-6H2,1H3,(H,13,14). The molecule has 0 saturated carbocycles. The molecule has 8 heteroatoms. The lowest BCUT2D eigenvalue weighted by Crippen LogP contribution is -2.31. The van der Waals surface area contributed by atoms with E-state index in [9.17, 15) is 22.8 Å². The van der Waals surface area contributed by atoms with Crippen LogP contribution in [0.2, 0.25) is 0 Å². The molecule has 17 heavy (non-hydrogen) atoms. The van der Waals surface area contributed by atoms with Gasteiger partial charge in [-0.2, -0.15) is 13.2 Å². The van der Waals surface area contributed by atoms with Crippen LogP contribution in [0.15, 0.2) is 0 Å². The molecule has 0 aliphatic carbocycles. The third-order valence-corrected chi connectivity index (χ3v) is 1.47. The van der Waals surface area contributed by atoms with Crippen LogP contribution in [0.5, 0.6) is 0 Å². The highest BCUT2D eigenvalue weighted by Crippen LogP contribution is 2.14. The predicted molar refractivity (Wildman–Crippen MR) is 51.1 cm³/mol. The summed E-state index contributed by atoms with van der Waals surface area (Å²) in [5.41, 5.74) is 0. The van der Waals surface area contributed by atoms with E-state index in [0.29, 0.717) is 0 Å². The molecule has 0 saturated heterocycles. The lowest BCUT2D eigenvalue weighted by molar-refractivity contribution is -0.174. The van der Waals surface area contributed by atoms with Crippen LogP contribution < -0.4 is 5.32 Å². The molecule has 5 nitrogen and oxygen atoms in total. The molecule has 1 amide bonds. The average Bonchev–Trinajstić information content (AvgIpc) is 2.21. The molecule has 0 aromatic heterocycles. The van der Waals surface area contributed by atoms with Crippen molar-refractivity contribution in [1.82, 2.24) is 5.32 Å². The third kappa shape index (κ3) is 11.0. The highest BCUT2D eigenvalue weighted by molar-refractivity contribution is 5.81.